The summed E-state index contributed by atoms with van der Waals surface area (Å²) in [6.45, 7) is 6.27. The lowest BCUT2D eigenvalue weighted by Crippen LogP contribution is -2.36. The van der Waals surface area contributed by atoms with E-state index in [1.54, 1.807) is 18.2 Å². The van der Waals surface area contributed by atoms with Crippen molar-refractivity contribution in [1.29, 1.82) is 0 Å². The molecule has 142 valence electrons. The first-order valence-corrected chi connectivity index (χ1v) is 9.11. The molecular weight excluding hydrogens is 356 g/mol. The average Bonchev–Trinajstić information content (AvgIpc) is 3.15. The molecule has 0 unspecified atom stereocenters. The Morgan fingerprint density at radius 1 is 1.14 bits per heavy atom. The van der Waals surface area contributed by atoms with Crippen molar-refractivity contribution in [3.8, 4) is 22.8 Å². The number of rotatable bonds is 4. The van der Waals surface area contributed by atoms with Crippen LogP contribution in [0.3, 0.4) is 0 Å². The molecule has 28 heavy (non-hydrogen) atoms. The van der Waals surface area contributed by atoms with Gasteiger partial charge in [-0.05, 0) is 36.6 Å². The molecule has 0 radical (unpaired) electrons. The Bertz CT molecular complexity index is 1280. The van der Waals surface area contributed by atoms with Crippen molar-refractivity contribution >= 4 is 10.9 Å². The Morgan fingerprint density at radius 2 is 1.93 bits per heavy atom. The summed E-state index contributed by atoms with van der Waals surface area (Å²) in [6, 6.07) is 12.9. The number of aromatic nitrogens is 4. The fraction of sp³-hybridized carbons (Fsp3) is 0.238. The second kappa shape index (κ2) is 6.92. The first-order valence-electron chi connectivity index (χ1n) is 9.11. The summed E-state index contributed by atoms with van der Waals surface area (Å²) in [6.07, 6.45) is 0. The zero-order chi connectivity index (χ0) is 19.8. The summed E-state index contributed by atoms with van der Waals surface area (Å²) < 4.78 is 6.64. The molecule has 0 saturated carbocycles. The zero-order valence-electron chi connectivity index (χ0n) is 15.9. The first-order chi connectivity index (χ1) is 13.4. The van der Waals surface area contributed by atoms with Crippen molar-refractivity contribution < 1.29 is 4.52 Å². The Labute approximate surface area is 160 Å². The van der Waals surface area contributed by atoms with Crippen LogP contribution in [0.1, 0.15) is 19.4 Å². The van der Waals surface area contributed by atoms with E-state index >= 15 is 0 Å². The van der Waals surface area contributed by atoms with Crippen LogP contribution in [0.15, 0.2) is 56.6 Å². The maximum absolute atomic E-state index is 12.7. The predicted octanol–water partition coefficient (Wildman–Crippen LogP) is 3.37. The van der Waals surface area contributed by atoms with Gasteiger partial charge in [0.1, 0.15) is 0 Å². The molecule has 0 spiro atoms. The topological polar surface area (TPSA) is 93.8 Å². The summed E-state index contributed by atoms with van der Waals surface area (Å²) in [5.74, 6) is 1.01. The third-order valence-electron chi connectivity index (χ3n) is 4.59. The molecule has 2 aromatic heterocycles. The highest BCUT2D eigenvalue weighted by molar-refractivity contribution is 5.82. The van der Waals surface area contributed by atoms with Crippen molar-refractivity contribution in [2.45, 2.75) is 27.3 Å². The van der Waals surface area contributed by atoms with Gasteiger partial charge in [0.2, 0.25) is 5.82 Å². The van der Waals surface area contributed by atoms with E-state index in [0.717, 1.165) is 11.1 Å². The van der Waals surface area contributed by atoms with E-state index in [4.69, 9.17) is 4.52 Å². The number of H-pyrrole nitrogens is 1. The molecule has 4 aromatic rings. The van der Waals surface area contributed by atoms with E-state index in [1.807, 2.05) is 45.0 Å². The molecule has 0 atom stereocenters. The van der Waals surface area contributed by atoms with Crippen LogP contribution in [-0.4, -0.2) is 19.7 Å². The minimum atomic E-state index is -0.422. The number of nitrogens with zero attached hydrogens (tertiary/aromatic N) is 3. The van der Waals surface area contributed by atoms with Crippen molar-refractivity contribution in [1.82, 2.24) is 19.7 Å². The second-order valence-corrected chi connectivity index (χ2v) is 7.24. The number of aromatic amines is 1. The summed E-state index contributed by atoms with van der Waals surface area (Å²) in [4.78, 5) is 32.2. The van der Waals surface area contributed by atoms with Gasteiger partial charge in [0.15, 0.2) is 0 Å². The van der Waals surface area contributed by atoms with Crippen LogP contribution < -0.4 is 11.2 Å². The molecule has 1 N–H and O–H groups in total. The van der Waals surface area contributed by atoms with E-state index in [9.17, 15) is 9.59 Å². The number of nitrogens with one attached hydrogen (secondary N) is 1. The minimum Gasteiger partial charge on any atom is -0.334 e. The largest absolute Gasteiger partial charge is 0.334 e. The highest BCUT2D eigenvalue weighted by Crippen LogP contribution is 2.25. The number of hydrogen-bond donors (Lipinski definition) is 1. The van der Waals surface area contributed by atoms with Crippen LogP contribution in [0.2, 0.25) is 0 Å². The van der Waals surface area contributed by atoms with Gasteiger partial charge < -0.3 is 9.51 Å². The second-order valence-electron chi connectivity index (χ2n) is 7.24. The molecule has 7 heteroatoms. The van der Waals surface area contributed by atoms with Crippen molar-refractivity contribution in [3.63, 3.8) is 0 Å². The average molecular weight is 376 g/mol. The van der Waals surface area contributed by atoms with Gasteiger partial charge >= 0.3 is 5.69 Å². The molecule has 0 aliphatic heterocycles. The van der Waals surface area contributed by atoms with Gasteiger partial charge in [-0.25, -0.2) is 4.79 Å². The van der Waals surface area contributed by atoms with Crippen molar-refractivity contribution in [2.24, 2.45) is 5.92 Å². The van der Waals surface area contributed by atoms with E-state index < -0.39 is 5.69 Å². The molecule has 2 heterocycles. The third-order valence-corrected chi connectivity index (χ3v) is 4.59. The first kappa shape index (κ1) is 17.9. The lowest BCUT2D eigenvalue weighted by atomic mass is 10.1. The highest BCUT2D eigenvalue weighted by atomic mass is 16.5. The molecule has 0 aliphatic rings. The Kier molecular flexibility index (Phi) is 4.43. The number of hydrogen-bond acceptors (Lipinski definition) is 5. The SMILES string of the molecule is Cc1ccccc1-c1noc(-c2ccc3c(=O)n(CC(C)C)c(=O)[nH]c3c2)n1. The van der Waals surface area contributed by atoms with Crippen LogP contribution in [0.25, 0.3) is 33.7 Å². The monoisotopic (exact) mass is 376 g/mol. The number of aryl methyl sites for hydroxylation is 1. The van der Waals surface area contributed by atoms with Gasteiger partial charge in [-0.1, -0.05) is 43.3 Å². The van der Waals surface area contributed by atoms with E-state index in [2.05, 4.69) is 15.1 Å². The zero-order valence-corrected chi connectivity index (χ0v) is 15.9. The van der Waals surface area contributed by atoms with E-state index in [1.165, 1.54) is 4.57 Å². The van der Waals surface area contributed by atoms with Crippen LogP contribution in [0, 0.1) is 12.8 Å². The van der Waals surface area contributed by atoms with Crippen LogP contribution in [-0.2, 0) is 6.54 Å². The van der Waals surface area contributed by atoms with Crippen LogP contribution >= 0.6 is 0 Å². The Morgan fingerprint density at radius 3 is 2.68 bits per heavy atom. The Balaban J connectivity index is 1.78. The molecule has 0 amide bonds. The highest BCUT2D eigenvalue weighted by Gasteiger charge is 2.14. The smallest absolute Gasteiger partial charge is 0.328 e. The maximum Gasteiger partial charge on any atom is 0.328 e. The normalized spacial score (nSPS) is 11.4. The summed E-state index contributed by atoms with van der Waals surface area (Å²) in [7, 11) is 0. The lowest BCUT2D eigenvalue weighted by molar-refractivity contribution is 0.432. The summed E-state index contributed by atoms with van der Waals surface area (Å²) in [5.41, 5.74) is 2.30. The number of benzene rings is 2. The lowest BCUT2D eigenvalue weighted by Gasteiger charge is -2.08. The van der Waals surface area contributed by atoms with Gasteiger partial charge in [-0.3, -0.25) is 9.36 Å². The molecule has 0 saturated heterocycles. The van der Waals surface area contributed by atoms with Crippen molar-refractivity contribution in [2.75, 3.05) is 0 Å². The summed E-state index contributed by atoms with van der Waals surface area (Å²) in [5, 5.41) is 4.51. The van der Waals surface area contributed by atoms with Crippen molar-refractivity contribution in [3.05, 3.63) is 68.9 Å². The van der Waals surface area contributed by atoms with Gasteiger partial charge in [-0.15, -0.1) is 0 Å². The van der Waals surface area contributed by atoms with Crippen LogP contribution in [0.5, 0.6) is 0 Å². The molecular formula is C21H20N4O3. The van der Waals surface area contributed by atoms with E-state index in [0.29, 0.717) is 34.7 Å². The van der Waals surface area contributed by atoms with Gasteiger partial charge in [-0.2, -0.15) is 4.98 Å². The molecule has 0 aliphatic carbocycles. The molecule has 2 aromatic carbocycles. The molecule has 0 bridgehead atoms. The van der Waals surface area contributed by atoms with Gasteiger partial charge in [0.05, 0.1) is 10.9 Å². The molecule has 0 fully saturated rings. The van der Waals surface area contributed by atoms with Crippen LogP contribution in [0.4, 0.5) is 0 Å². The fourth-order valence-electron chi connectivity index (χ4n) is 3.19. The maximum atomic E-state index is 12.7. The number of fused-ring (bicyclic) bond motifs is 1. The van der Waals surface area contributed by atoms with Gasteiger partial charge in [0, 0.05) is 17.7 Å². The van der Waals surface area contributed by atoms with E-state index in [-0.39, 0.29) is 11.5 Å². The summed E-state index contributed by atoms with van der Waals surface area (Å²) >= 11 is 0. The fourth-order valence-corrected chi connectivity index (χ4v) is 3.19. The quantitative estimate of drug-likeness (QED) is 0.589. The third kappa shape index (κ3) is 3.15. The standard InChI is InChI=1S/C21H20N4O3/c1-12(2)11-25-20(26)16-9-8-14(10-17(16)22-21(25)27)19-23-18(24-28-19)15-7-5-4-6-13(15)3/h4-10,12H,11H2,1-3H3,(H,22,27). The molecule has 7 nitrogen and oxygen atoms in total. The predicted molar refractivity (Wildman–Crippen MR) is 107 cm³/mol. The van der Waals surface area contributed by atoms with Gasteiger partial charge in [0.25, 0.3) is 11.4 Å². The molecule has 4 rings (SSSR count). The Hall–Kier alpha value is -3.48. The minimum absolute atomic E-state index is 0.189.